The van der Waals surface area contributed by atoms with Gasteiger partial charge >= 0.3 is 0 Å². The van der Waals surface area contributed by atoms with E-state index >= 15 is 0 Å². The van der Waals surface area contributed by atoms with Crippen LogP contribution in [0, 0.1) is 0 Å². The van der Waals surface area contributed by atoms with E-state index in [1.54, 1.807) is 0 Å². The summed E-state index contributed by atoms with van der Waals surface area (Å²) >= 11 is 0. The van der Waals surface area contributed by atoms with Gasteiger partial charge in [0.05, 0.1) is 22.4 Å². The van der Waals surface area contributed by atoms with Crippen LogP contribution in [0.4, 0.5) is 51.2 Å². The molecular formula is C60H44N4. The van der Waals surface area contributed by atoms with Crippen LogP contribution in [-0.2, 0) is 0 Å². The average Bonchev–Trinajstić information content (AvgIpc) is 3.71. The van der Waals surface area contributed by atoms with Crippen molar-refractivity contribution >= 4 is 73.0 Å². The van der Waals surface area contributed by atoms with Crippen LogP contribution in [0.25, 0.3) is 38.6 Å². The van der Waals surface area contributed by atoms with Crippen molar-refractivity contribution < 1.29 is 0 Å². The van der Waals surface area contributed by atoms with Gasteiger partial charge in [-0.3, -0.25) is 0 Å². The summed E-state index contributed by atoms with van der Waals surface area (Å²) in [4.78, 5) is 7.10. The maximum atomic E-state index is 2.45. The monoisotopic (exact) mass is 820 g/mol. The lowest BCUT2D eigenvalue weighted by molar-refractivity contribution is 1.18. The number of aromatic nitrogens is 1. The highest BCUT2D eigenvalue weighted by atomic mass is 15.2. The van der Waals surface area contributed by atoms with Crippen molar-refractivity contribution in [1.82, 2.24) is 4.57 Å². The second-order valence-corrected chi connectivity index (χ2v) is 15.8. The zero-order chi connectivity index (χ0) is 42.7. The third-order valence-electron chi connectivity index (χ3n) is 11.9. The van der Waals surface area contributed by atoms with E-state index in [4.69, 9.17) is 0 Å². The van der Waals surface area contributed by atoms with Gasteiger partial charge in [0.15, 0.2) is 0 Å². The smallest absolute Gasteiger partial charge is 0.0562 e. The van der Waals surface area contributed by atoms with Crippen molar-refractivity contribution in [2.45, 2.75) is 0 Å². The molecular weight excluding hydrogens is 777 g/mol. The SMILES string of the molecule is c1ccc(-c2ccccc2-n2c3ccccc3c3c(N(c4cccc(N(c5ccccc5)c5ccccc5)c4)c4cccc(N(c5ccccc5)c5ccccc5)c4)cccc32)cc1. The third kappa shape index (κ3) is 7.13. The van der Waals surface area contributed by atoms with E-state index < -0.39 is 0 Å². The van der Waals surface area contributed by atoms with Gasteiger partial charge in [-0.2, -0.15) is 0 Å². The van der Waals surface area contributed by atoms with Crippen LogP contribution in [0.3, 0.4) is 0 Å². The summed E-state index contributed by atoms with van der Waals surface area (Å²) in [6.07, 6.45) is 0. The summed E-state index contributed by atoms with van der Waals surface area (Å²) in [7, 11) is 0. The van der Waals surface area contributed by atoms with Crippen LogP contribution in [0.15, 0.2) is 267 Å². The number of hydrogen-bond donors (Lipinski definition) is 0. The highest BCUT2D eigenvalue weighted by molar-refractivity contribution is 6.17. The van der Waals surface area contributed by atoms with Crippen LogP contribution >= 0.6 is 0 Å². The molecule has 1 aromatic heterocycles. The first kappa shape index (κ1) is 38.3. The number of anilines is 9. The Bertz CT molecular complexity index is 3120. The van der Waals surface area contributed by atoms with Gasteiger partial charge in [0, 0.05) is 61.8 Å². The Morgan fingerprint density at radius 2 is 0.641 bits per heavy atom. The molecule has 304 valence electrons. The van der Waals surface area contributed by atoms with Gasteiger partial charge in [0.1, 0.15) is 0 Å². The van der Waals surface area contributed by atoms with Crippen molar-refractivity contribution in [3.63, 3.8) is 0 Å². The summed E-state index contributed by atoms with van der Waals surface area (Å²) in [5, 5.41) is 2.35. The number of hydrogen-bond acceptors (Lipinski definition) is 3. The number of rotatable bonds is 11. The first-order chi connectivity index (χ1) is 31.8. The van der Waals surface area contributed by atoms with Gasteiger partial charge in [0.25, 0.3) is 0 Å². The molecule has 64 heavy (non-hydrogen) atoms. The van der Waals surface area contributed by atoms with Crippen molar-refractivity contribution in [3.8, 4) is 16.8 Å². The molecule has 0 aliphatic heterocycles. The van der Waals surface area contributed by atoms with E-state index in [0.29, 0.717) is 0 Å². The fourth-order valence-electron chi connectivity index (χ4n) is 9.15. The predicted molar refractivity (Wildman–Crippen MR) is 270 cm³/mol. The fraction of sp³-hybridized carbons (Fsp3) is 0. The Hall–Kier alpha value is -8.60. The molecule has 4 heteroatoms. The summed E-state index contributed by atoms with van der Waals surface area (Å²) in [5.74, 6) is 0. The molecule has 0 spiro atoms. The van der Waals surface area contributed by atoms with Gasteiger partial charge in [0.2, 0.25) is 0 Å². The minimum absolute atomic E-state index is 1.03. The Kier molecular flexibility index (Phi) is 10.2. The maximum Gasteiger partial charge on any atom is 0.0562 e. The van der Waals surface area contributed by atoms with E-state index in [1.165, 1.54) is 21.9 Å². The van der Waals surface area contributed by atoms with E-state index in [9.17, 15) is 0 Å². The van der Waals surface area contributed by atoms with E-state index in [0.717, 1.165) is 67.9 Å². The molecule has 0 saturated carbocycles. The van der Waals surface area contributed by atoms with Gasteiger partial charge in [-0.05, 0) is 115 Å². The quantitative estimate of drug-likeness (QED) is 0.129. The van der Waals surface area contributed by atoms with Crippen LogP contribution in [0.2, 0.25) is 0 Å². The Balaban J connectivity index is 1.17. The molecule has 0 saturated heterocycles. The summed E-state index contributed by atoms with van der Waals surface area (Å²) < 4.78 is 2.45. The summed E-state index contributed by atoms with van der Waals surface area (Å²) in [5.41, 5.74) is 15.4. The van der Waals surface area contributed by atoms with Gasteiger partial charge < -0.3 is 19.3 Å². The highest BCUT2D eigenvalue weighted by Gasteiger charge is 2.24. The maximum absolute atomic E-state index is 2.45. The van der Waals surface area contributed by atoms with Crippen LogP contribution in [0.1, 0.15) is 0 Å². The van der Waals surface area contributed by atoms with E-state index in [2.05, 4.69) is 286 Å². The molecule has 0 aliphatic rings. The largest absolute Gasteiger partial charge is 0.310 e. The minimum atomic E-state index is 1.03. The molecule has 10 aromatic carbocycles. The number of nitrogens with zero attached hydrogens (tertiary/aromatic N) is 4. The average molecular weight is 821 g/mol. The van der Waals surface area contributed by atoms with Crippen molar-refractivity contribution in [1.29, 1.82) is 0 Å². The lowest BCUT2D eigenvalue weighted by atomic mass is 10.0. The van der Waals surface area contributed by atoms with E-state index in [1.807, 2.05) is 0 Å². The molecule has 0 fully saturated rings. The second-order valence-electron chi connectivity index (χ2n) is 15.8. The Morgan fingerprint density at radius 3 is 1.16 bits per heavy atom. The highest BCUT2D eigenvalue weighted by Crippen LogP contribution is 2.47. The standard InChI is InChI=1S/C60H44N4/c1-6-23-45(24-7-1)54-37-16-18-39-56(54)64-57-40-19-17-38-55(57)60-58(41-22-42-59(60)64)63(52-35-20-33-50(43-52)61(46-25-8-2-9-26-46)47-27-10-3-11-28-47)53-36-21-34-51(44-53)62(48-29-12-4-13-30-48)49-31-14-5-15-32-49/h1-44H. The predicted octanol–water partition coefficient (Wildman–Crippen LogP) is 16.9. The van der Waals surface area contributed by atoms with Crippen LogP contribution in [-0.4, -0.2) is 4.57 Å². The van der Waals surface area contributed by atoms with Crippen molar-refractivity contribution in [2.75, 3.05) is 14.7 Å². The fourth-order valence-corrected chi connectivity index (χ4v) is 9.15. The molecule has 11 rings (SSSR count). The lowest BCUT2D eigenvalue weighted by Crippen LogP contribution is -2.14. The second kappa shape index (κ2) is 17.0. The van der Waals surface area contributed by atoms with E-state index in [-0.39, 0.29) is 0 Å². The summed E-state index contributed by atoms with van der Waals surface area (Å²) in [6.45, 7) is 0. The van der Waals surface area contributed by atoms with Crippen LogP contribution in [0.5, 0.6) is 0 Å². The molecule has 4 nitrogen and oxygen atoms in total. The minimum Gasteiger partial charge on any atom is -0.310 e. The topological polar surface area (TPSA) is 14.7 Å². The molecule has 11 aromatic rings. The number of para-hydroxylation sites is 6. The lowest BCUT2D eigenvalue weighted by Gasteiger charge is -2.31. The molecule has 0 unspecified atom stereocenters. The molecule has 1 heterocycles. The molecule has 0 amide bonds. The normalized spacial score (nSPS) is 11.1. The zero-order valence-corrected chi connectivity index (χ0v) is 35.2. The molecule has 0 atom stereocenters. The van der Waals surface area contributed by atoms with Crippen molar-refractivity contribution in [2.24, 2.45) is 0 Å². The number of fused-ring (bicyclic) bond motifs is 3. The molecule has 0 bridgehead atoms. The first-order valence-electron chi connectivity index (χ1n) is 21.8. The van der Waals surface area contributed by atoms with Gasteiger partial charge in [-0.1, -0.05) is 158 Å². The third-order valence-corrected chi connectivity index (χ3v) is 11.9. The number of benzene rings is 10. The zero-order valence-electron chi connectivity index (χ0n) is 35.2. The Labute approximate surface area is 374 Å². The Morgan fingerprint density at radius 1 is 0.266 bits per heavy atom. The van der Waals surface area contributed by atoms with Crippen molar-refractivity contribution in [3.05, 3.63) is 267 Å². The van der Waals surface area contributed by atoms with Crippen LogP contribution < -0.4 is 14.7 Å². The molecule has 0 N–H and O–H groups in total. The molecule has 0 aliphatic carbocycles. The summed E-state index contributed by atoms with van der Waals surface area (Å²) in [6, 6.07) is 95.4. The first-order valence-corrected chi connectivity index (χ1v) is 21.8. The molecule has 0 radical (unpaired) electrons. The van der Waals surface area contributed by atoms with Gasteiger partial charge in [-0.25, -0.2) is 0 Å². The van der Waals surface area contributed by atoms with Gasteiger partial charge in [-0.15, -0.1) is 0 Å².